The van der Waals surface area contributed by atoms with E-state index in [1.807, 2.05) is 188 Å². The monoisotopic (exact) mass is 936 g/mol. The molecule has 7 rings (SSSR count). The predicted molar refractivity (Wildman–Crippen MR) is 265 cm³/mol. The molecule has 0 aromatic heterocycles. The second-order valence-corrected chi connectivity index (χ2v) is 28.2. The van der Waals surface area contributed by atoms with E-state index in [9.17, 15) is 0 Å². The molecule has 4 heterocycles. The summed E-state index contributed by atoms with van der Waals surface area (Å²) in [6.07, 6.45) is 13.2. The lowest BCUT2D eigenvalue weighted by Crippen LogP contribution is -2.16. The van der Waals surface area contributed by atoms with Gasteiger partial charge in [-0.15, -0.1) is 94.1 Å². The number of hydrogen-bond donors (Lipinski definition) is 0. The van der Waals surface area contributed by atoms with Crippen LogP contribution in [-0.4, -0.2) is 42.6 Å². The molecule has 0 saturated heterocycles. The molecule has 0 N–H and O–H groups in total. The molecule has 3 aromatic rings. The van der Waals surface area contributed by atoms with Gasteiger partial charge in [0.25, 0.3) is 0 Å². The molecule has 0 nitrogen and oxygen atoms in total. The Morgan fingerprint density at radius 1 is 0.347 bits per heavy atom. The van der Waals surface area contributed by atoms with E-state index in [0.29, 0.717) is 0 Å². The normalized spacial score (nSPS) is 18.8. The van der Waals surface area contributed by atoms with Gasteiger partial charge in [-0.2, -0.15) is 0 Å². The van der Waals surface area contributed by atoms with Gasteiger partial charge >= 0.3 is 0 Å². The Morgan fingerprint density at radius 2 is 0.592 bits per heavy atom. The minimum atomic E-state index is 1.01. The molecule has 0 atom stereocenters. The van der Waals surface area contributed by atoms with E-state index in [1.54, 1.807) is 0 Å². The third kappa shape index (κ3) is 8.36. The van der Waals surface area contributed by atoms with Gasteiger partial charge in [-0.1, -0.05) is 143 Å². The minimum Gasteiger partial charge on any atom is -0.121 e. The van der Waals surface area contributed by atoms with Crippen LogP contribution in [0.15, 0.2) is 90.9 Å². The molecule has 0 saturated carbocycles. The van der Waals surface area contributed by atoms with E-state index in [1.165, 1.54) is 82.8 Å². The Morgan fingerprint density at radius 3 is 0.898 bits per heavy atom. The van der Waals surface area contributed by atoms with Crippen molar-refractivity contribution in [2.24, 2.45) is 0 Å². The summed E-state index contributed by atoms with van der Waals surface area (Å²) in [5.74, 6) is 0. The van der Waals surface area contributed by atoms with Crippen LogP contribution in [0, 0.1) is 0 Å². The van der Waals surface area contributed by atoms with E-state index in [0.717, 1.165) is 5.08 Å². The van der Waals surface area contributed by atoms with Gasteiger partial charge in [0, 0.05) is 15.5 Å². The number of thioether (sulfide) groups is 16. The van der Waals surface area contributed by atoms with Crippen molar-refractivity contribution in [3.63, 3.8) is 0 Å². The van der Waals surface area contributed by atoms with E-state index in [4.69, 9.17) is 0 Å². The Kier molecular flexibility index (Phi) is 14.9. The standard InChI is InChI=1S/C33H28S16/c1-34-24-25(35-2)43-22(42-24)20-16-11-7-9-13-18(16)21(19-14-10-8-12-17(19)20)23-44-28(38-5)30(45-23)40-15-41-31-29(39-6)48-33(49-31)32-46-26(36-3)27(37-4)47-32/h7-14H,15H2,1-6H3. The summed E-state index contributed by atoms with van der Waals surface area (Å²) in [7, 11) is 0. The maximum atomic E-state index is 2.34. The fourth-order valence-corrected chi connectivity index (χ4v) is 27.0. The summed E-state index contributed by atoms with van der Waals surface area (Å²) < 4.78 is 17.2. The predicted octanol–water partition coefficient (Wildman–Crippen LogP) is 15.3. The third-order valence-corrected chi connectivity index (χ3v) is 29.0. The van der Waals surface area contributed by atoms with Gasteiger partial charge in [-0.3, -0.25) is 0 Å². The largest absolute Gasteiger partial charge is 0.121 e. The van der Waals surface area contributed by atoms with Gasteiger partial charge in [0.1, 0.15) is 0 Å². The molecule has 0 spiro atoms. The second kappa shape index (κ2) is 18.4. The zero-order valence-electron chi connectivity index (χ0n) is 26.9. The molecular formula is C33H28S16. The molecule has 0 radical (unpaired) electrons. The molecule has 3 aromatic carbocycles. The SMILES string of the molecule is CSC1=C(SC)SC(=C2SC(SC)=C(SCSC3=C(SC)SC(=c4c5ccccc5c(=C5SC(SC)=C(SC)S5)c5ccccc45)S3)S2)S1. The summed E-state index contributed by atoms with van der Waals surface area (Å²) in [6, 6.07) is 18.2. The fraction of sp³-hybridized carbons (Fsp3) is 0.212. The van der Waals surface area contributed by atoms with Crippen molar-refractivity contribution in [2.45, 2.75) is 0 Å². The highest BCUT2D eigenvalue weighted by Gasteiger charge is 2.31. The topological polar surface area (TPSA) is 0 Å². The molecule has 4 aliphatic heterocycles. The highest BCUT2D eigenvalue weighted by Crippen LogP contribution is 2.66. The molecule has 4 aliphatic rings. The summed E-state index contributed by atoms with van der Waals surface area (Å²) in [5, 5.41) is 9.19. The molecule has 256 valence electrons. The van der Waals surface area contributed by atoms with Crippen molar-refractivity contribution >= 4 is 218 Å². The Balaban J connectivity index is 1.18. The first-order valence-electron chi connectivity index (χ1n) is 14.3. The van der Waals surface area contributed by atoms with Crippen LogP contribution in [0.2, 0.25) is 0 Å². The molecule has 49 heavy (non-hydrogen) atoms. The lowest BCUT2D eigenvalue weighted by Gasteiger charge is -2.11. The Hall–Kier alpha value is 2.22. The number of fused-ring (bicyclic) bond motifs is 2. The second-order valence-electron chi connectivity index (χ2n) is 9.74. The lowest BCUT2D eigenvalue weighted by molar-refractivity contribution is 1.69. The summed E-state index contributed by atoms with van der Waals surface area (Å²) in [5.41, 5.74) is 0. The smallest absolute Gasteiger partial charge is 0.0717 e. The maximum absolute atomic E-state index is 2.34. The molecule has 0 amide bonds. The maximum Gasteiger partial charge on any atom is 0.0717 e. The van der Waals surface area contributed by atoms with E-state index in [-0.39, 0.29) is 0 Å². The van der Waals surface area contributed by atoms with E-state index >= 15 is 0 Å². The van der Waals surface area contributed by atoms with Gasteiger partial charge in [0.2, 0.25) is 0 Å². The molecular weight excluding hydrogens is 909 g/mol. The van der Waals surface area contributed by atoms with Crippen molar-refractivity contribution in [1.82, 2.24) is 0 Å². The van der Waals surface area contributed by atoms with Crippen molar-refractivity contribution in [2.75, 3.05) is 42.6 Å². The number of rotatable bonds is 10. The summed E-state index contributed by atoms with van der Waals surface area (Å²) in [4.78, 5) is 0. The number of hydrogen-bond acceptors (Lipinski definition) is 16. The lowest BCUT2D eigenvalue weighted by atomic mass is 9.99. The zero-order chi connectivity index (χ0) is 34.1. The first-order chi connectivity index (χ1) is 24.0. The molecule has 0 unspecified atom stereocenters. The van der Waals surface area contributed by atoms with E-state index in [2.05, 4.69) is 86.1 Å². The first-order valence-corrected chi connectivity index (χ1v) is 30.2. The van der Waals surface area contributed by atoms with Gasteiger partial charge in [0.15, 0.2) is 0 Å². The van der Waals surface area contributed by atoms with Crippen LogP contribution in [0.25, 0.3) is 30.0 Å². The Bertz CT molecular complexity index is 2020. The third-order valence-electron chi connectivity index (χ3n) is 7.15. The number of benzene rings is 3. The van der Waals surface area contributed by atoms with Crippen LogP contribution in [-0.2, 0) is 0 Å². The van der Waals surface area contributed by atoms with Crippen LogP contribution in [0.3, 0.4) is 0 Å². The van der Waals surface area contributed by atoms with Crippen molar-refractivity contribution in [1.29, 1.82) is 0 Å². The zero-order valence-corrected chi connectivity index (χ0v) is 39.9. The van der Waals surface area contributed by atoms with Crippen LogP contribution in [0.4, 0.5) is 0 Å². The van der Waals surface area contributed by atoms with Gasteiger partial charge in [-0.25, -0.2) is 0 Å². The molecule has 0 fully saturated rings. The van der Waals surface area contributed by atoms with Crippen LogP contribution < -0.4 is 10.4 Å². The molecule has 0 aliphatic carbocycles. The average Bonchev–Trinajstić information content (AvgIpc) is 3.94. The van der Waals surface area contributed by atoms with Crippen molar-refractivity contribution < 1.29 is 0 Å². The summed E-state index contributed by atoms with van der Waals surface area (Å²) in [6.45, 7) is 0. The molecule has 16 heteroatoms. The average molecular weight is 938 g/mol. The van der Waals surface area contributed by atoms with Crippen molar-refractivity contribution in [3.05, 3.63) is 101 Å². The van der Waals surface area contributed by atoms with Crippen LogP contribution >= 0.6 is 188 Å². The summed E-state index contributed by atoms with van der Waals surface area (Å²) >= 11 is 31.0. The minimum absolute atomic E-state index is 1.01. The van der Waals surface area contributed by atoms with Crippen LogP contribution in [0.1, 0.15) is 0 Å². The first kappa shape index (κ1) is 39.5. The van der Waals surface area contributed by atoms with Crippen LogP contribution in [0.5, 0.6) is 0 Å². The van der Waals surface area contributed by atoms with Gasteiger partial charge in [-0.05, 0) is 59.1 Å². The Labute approximate surface area is 357 Å². The fourth-order valence-electron chi connectivity index (χ4n) is 5.09. The van der Waals surface area contributed by atoms with E-state index < -0.39 is 0 Å². The highest BCUT2D eigenvalue weighted by atomic mass is 32.3. The highest BCUT2D eigenvalue weighted by molar-refractivity contribution is 8.48. The van der Waals surface area contributed by atoms with Crippen molar-refractivity contribution in [3.8, 4) is 0 Å². The molecule has 0 bridgehead atoms. The van der Waals surface area contributed by atoms with Gasteiger partial charge in [0.05, 0.1) is 50.8 Å². The van der Waals surface area contributed by atoms with Gasteiger partial charge < -0.3 is 0 Å². The quantitative estimate of drug-likeness (QED) is 0.140.